The lowest BCUT2D eigenvalue weighted by Gasteiger charge is -2.25. The van der Waals surface area contributed by atoms with E-state index in [0.717, 1.165) is 0 Å². The van der Waals surface area contributed by atoms with Crippen molar-refractivity contribution in [2.24, 2.45) is 5.73 Å². The number of amides is 1. The Bertz CT molecular complexity index is 369. The third-order valence-electron chi connectivity index (χ3n) is 1.92. The van der Waals surface area contributed by atoms with E-state index >= 15 is 0 Å². The first-order chi connectivity index (χ1) is 7.29. The molecule has 0 bridgehead atoms. The van der Waals surface area contributed by atoms with Crippen LogP contribution in [0.15, 0.2) is 12.1 Å². The molecule has 0 saturated heterocycles. The van der Waals surface area contributed by atoms with Gasteiger partial charge in [-0.2, -0.15) is 0 Å². The zero-order valence-corrected chi connectivity index (χ0v) is 9.64. The molecule has 0 aliphatic heterocycles. The fraction of sp³-hybridized carbons (Fsp3) is 0.500. The Morgan fingerprint density at radius 3 is 2.50 bits per heavy atom. The van der Waals surface area contributed by atoms with Crippen molar-refractivity contribution in [1.82, 2.24) is 10.2 Å². The second kappa shape index (κ2) is 4.44. The number of carbonyl (C=O) groups is 1. The molecule has 0 atom stereocenters. The van der Waals surface area contributed by atoms with Crippen LogP contribution < -0.4 is 10.6 Å². The van der Waals surface area contributed by atoms with Crippen molar-refractivity contribution in [3.05, 3.63) is 17.8 Å². The van der Waals surface area contributed by atoms with Crippen LogP contribution in [0.25, 0.3) is 0 Å². The van der Waals surface area contributed by atoms with E-state index in [1.807, 2.05) is 0 Å². The van der Waals surface area contributed by atoms with Gasteiger partial charge in [-0.25, -0.2) is 0 Å². The highest BCUT2D eigenvalue weighted by Gasteiger charge is 2.17. The van der Waals surface area contributed by atoms with Crippen LogP contribution in [0, 0.1) is 0 Å². The Labute approximate surface area is 94.1 Å². The van der Waals surface area contributed by atoms with Gasteiger partial charge >= 0.3 is 0 Å². The molecule has 0 aromatic carbocycles. The molecule has 0 unspecified atom stereocenters. The van der Waals surface area contributed by atoms with E-state index in [1.165, 1.54) is 6.07 Å². The van der Waals surface area contributed by atoms with Crippen LogP contribution in [0.3, 0.4) is 0 Å². The molecule has 0 fully saturated rings. The van der Waals surface area contributed by atoms with Gasteiger partial charge in [-0.3, -0.25) is 4.79 Å². The number of primary amides is 1. The SMILES string of the molecule is CN(CC(C)(C)O)c1ccc(C(N)=O)nn1. The molecule has 6 nitrogen and oxygen atoms in total. The maximum absolute atomic E-state index is 10.8. The minimum atomic E-state index is -0.821. The first kappa shape index (κ1) is 12.4. The summed E-state index contributed by atoms with van der Waals surface area (Å²) in [5, 5.41) is 17.2. The lowest BCUT2D eigenvalue weighted by atomic mass is 10.1. The van der Waals surface area contributed by atoms with Crippen LogP contribution in [0.4, 0.5) is 5.82 Å². The van der Waals surface area contributed by atoms with Crippen LogP contribution in [0.2, 0.25) is 0 Å². The molecular weight excluding hydrogens is 208 g/mol. The molecule has 0 radical (unpaired) electrons. The van der Waals surface area contributed by atoms with Crippen molar-refractivity contribution in [3.8, 4) is 0 Å². The number of nitrogens with two attached hydrogens (primary N) is 1. The van der Waals surface area contributed by atoms with E-state index in [4.69, 9.17) is 5.73 Å². The Morgan fingerprint density at radius 1 is 1.50 bits per heavy atom. The summed E-state index contributed by atoms with van der Waals surface area (Å²) >= 11 is 0. The predicted molar refractivity (Wildman–Crippen MR) is 60.1 cm³/mol. The predicted octanol–water partition coefficient (Wildman–Crippen LogP) is -0.217. The first-order valence-electron chi connectivity index (χ1n) is 4.86. The minimum absolute atomic E-state index is 0.125. The molecule has 1 amide bonds. The van der Waals surface area contributed by atoms with Crippen molar-refractivity contribution in [1.29, 1.82) is 0 Å². The molecule has 1 heterocycles. The van der Waals surface area contributed by atoms with Gasteiger partial charge in [0.25, 0.3) is 5.91 Å². The van der Waals surface area contributed by atoms with Crippen LogP contribution in [-0.2, 0) is 0 Å². The molecule has 1 aromatic rings. The molecule has 0 saturated carbocycles. The smallest absolute Gasteiger partial charge is 0.269 e. The second-order valence-electron chi connectivity index (χ2n) is 4.31. The van der Waals surface area contributed by atoms with E-state index in [1.54, 1.807) is 31.9 Å². The highest BCUT2D eigenvalue weighted by molar-refractivity contribution is 5.90. The summed E-state index contributed by atoms with van der Waals surface area (Å²) in [5.74, 6) is -0.0312. The molecule has 0 aliphatic rings. The van der Waals surface area contributed by atoms with Crippen LogP contribution in [0.1, 0.15) is 24.3 Å². The quantitative estimate of drug-likeness (QED) is 0.737. The zero-order valence-electron chi connectivity index (χ0n) is 9.64. The summed E-state index contributed by atoms with van der Waals surface area (Å²) < 4.78 is 0. The number of carbonyl (C=O) groups excluding carboxylic acids is 1. The molecule has 0 aliphatic carbocycles. The number of aromatic nitrogens is 2. The number of rotatable bonds is 4. The number of aliphatic hydroxyl groups is 1. The van der Waals surface area contributed by atoms with E-state index in [-0.39, 0.29) is 5.69 Å². The van der Waals surface area contributed by atoms with Crippen molar-refractivity contribution in [3.63, 3.8) is 0 Å². The Kier molecular flexibility index (Phi) is 3.44. The van der Waals surface area contributed by atoms with Gasteiger partial charge in [0.15, 0.2) is 11.5 Å². The van der Waals surface area contributed by atoms with Crippen molar-refractivity contribution in [2.75, 3.05) is 18.5 Å². The van der Waals surface area contributed by atoms with Gasteiger partial charge in [0.2, 0.25) is 0 Å². The molecule has 88 valence electrons. The topological polar surface area (TPSA) is 92.3 Å². The third-order valence-corrected chi connectivity index (χ3v) is 1.92. The normalized spacial score (nSPS) is 11.2. The fourth-order valence-electron chi connectivity index (χ4n) is 1.32. The lowest BCUT2D eigenvalue weighted by Crippen LogP contribution is -2.36. The standard InChI is InChI=1S/C10H16N4O2/c1-10(2,16)6-14(3)8-5-4-7(9(11)15)12-13-8/h4-5,16H,6H2,1-3H3,(H2,11,15). The van der Waals surface area contributed by atoms with E-state index in [0.29, 0.717) is 12.4 Å². The number of likely N-dealkylation sites (N-methyl/N-ethyl adjacent to an activating group) is 1. The lowest BCUT2D eigenvalue weighted by molar-refractivity contribution is 0.0883. The second-order valence-corrected chi connectivity index (χ2v) is 4.31. The highest BCUT2D eigenvalue weighted by Crippen LogP contribution is 2.11. The van der Waals surface area contributed by atoms with Gasteiger partial charge in [0.1, 0.15) is 0 Å². The van der Waals surface area contributed by atoms with E-state index in [9.17, 15) is 9.90 Å². The van der Waals surface area contributed by atoms with Gasteiger partial charge in [-0.1, -0.05) is 0 Å². The summed E-state index contributed by atoms with van der Waals surface area (Å²) in [6.07, 6.45) is 0. The average molecular weight is 224 g/mol. The largest absolute Gasteiger partial charge is 0.389 e. The number of nitrogens with zero attached hydrogens (tertiary/aromatic N) is 3. The van der Waals surface area contributed by atoms with Crippen LogP contribution >= 0.6 is 0 Å². The molecule has 6 heteroatoms. The molecule has 1 aromatic heterocycles. The number of hydrogen-bond acceptors (Lipinski definition) is 5. The van der Waals surface area contributed by atoms with E-state index in [2.05, 4.69) is 10.2 Å². The van der Waals surface area contributed by atoms with Crippen molar-refractivity contribution < 1.29 is 9.90 Å². The van der Waals surface area contributed by atoms with Crippen molar-refractivity contribution in [2.45, 2.75) is 19.4 Å². The molecule has 1 rings (SSSR count). The number of hydrogen-bond donors (Lipinski definition) is 2. The van der Waals surface area contributed by atoms with Gasteiger partial charge in [0, 0.05) is 13.6 Å². The van der Waals surface area contributed by atoms with Gasteiger partial charge in [0.05, 0.1) is 5.60 Å². The van der Waals surface area contributed by atoms with Gasteiger partial charge in [-0.05, 0) is 26.0 Å². The first-order valence-corrected chi connectivity index (χ1v) is 4.86. The van der Waals surface area contributed by atoms with Crippen LogP contribution in [0.5, 0.6) is 0 Å². The molecule has 16 heavy (non-hydrogen) atoms. The highest BCUT2D eigenvalue weighted by atomic mass is 16.3. The summed E-state index contributed by atoms with van der Waals surface area (Å²) in [5.41, 5.74) is 4.35. The Balaban J connectivity index is 2.78. The fourth-order valence-corrected chi connectivity index (χ4v) is 1.32. The molecule has 3 N–H and O–H groups in total. The molecule has 0 spiro atoms. The average Bonchev–Trinajstić information content (AvgIpc) is 2.15. The zero-order chi connectivity index (χ0) is 12.3. The van der Waals surface area contributed by atoms with Gasteiger partial charge < -0.3 is 15.7 Å². The van der Waals surface area contributed by atoms with Crippen molar-refractivity contribution >= 4 is 11.7 Å². The summed E-state index contributed by atoms with van der Waals surface area (Å²) in [6.45, 7) is 3.82. The molecular formula is C10H16N4O2. The van der Waals surface area contributed by atoms with Crippen LogP contribution in [-0.4, -0.2) is 40.4 Å². The minimum Gasteiger partial charge on any atom is -0.389 e. The Morgan fingerprint density at radius 2 is 2.12 bits per heavy atom. The maximum atomic E-state index is 10.8. The maximum Gasteiger partial charge on any atom is 0.269 e. The monoisotopic (exact) mass is 224 g/mol. The summed E-state index contributed by atoms with van der Waals surface area (Å²) in [6, 6.07) is 3.14. The van der Waals surface area contributed by atoms with E-state index < -0.39 is 11.5 Å². The third kappa shape index (κ3) is 3.47. The summed E-state index contributed by atoms with van der Waals surface area (Å²) in [7, 11) is 1.78. The number of anilines is 1. The summed E-state index contributed by atoms with van der Waals surface area (Å²) in [4.78, 5) is 12.5. The Hall–Kier alpha value is -1.69. The van der Waals surface area contributed by atoms with Gasteiger partial charge in [-0.15, -0.1) is 10.2 Å².